The van der Waals surface area contributed by atoms with Crippen LogP contribution in [0.3, 0.4) is 0 Å². The molecule has 108 valence electrons. The van der Waals surface area contributed by atoms with Gasteiger partial charge < -0.3 is 9.88 Å². The van der Waals surface area contributed by atoms with Crippen LogP contribution in [-0.2, 0) is 13.1 Å². The highest BCUT2D eigenvalue weighted by molar-refractivity contribution is 5.21. The number of aromatic nitrogens is 2. The number of imidazole rings is 1. The van der Waals surface area contributed by atoms with Crippen molar-refractivity contribution < 1.29 is 8.78 Å². The highest BCUT2D eigenvalue weighted by Gasteiger charge is 2.13. The minimum absolute atomic E-state index is 0.0744. The Bertz CT molecular complexity index is 558. The van der Waals surface area contributed by atoms with Gasteiger partial charge in [0, 0.05) is 18.3 Å². The molecule has 0 unspecified atom stereocenters. The summed E-state index contributed by atoms with van der Waals surface area (Å²) < 4.78 is 29.3. The van der Waals surface area contributed by atoms with Gasteiger partial charge in [0.1, 0.15) is 17.5 Å². The van der Waals surface area contributed by atoms with Crippen LogP contribution in [0.1, 0.15) is 30.4 Å². The highest BCUT2D eigenvalue weighted by atomic mass is 19.1. The van der Waals surface area contributed by atoms with Gasteiger partial charge in [0.2, 0.25) is 0 Å². The lowest BCUT2D eigenvalue weighted by Crippen LogP contribution is -2.18. The second kappa shape index (κ2) is 6.61. The molecule has 2 rings (SSSR count). The molecule has 20 heavy (non-hydrogen) atoms. The molecule has 3 nitrogen and oxygen atoms in total. The van der Waals surface area contributed by atoms with Crippen molar-refractivity contribution in [3.63, 3.8) is 0 Å². The standard InChI is InChI=1S/C15H19F2N3/c1-3-7-18-8-12-9-19-11(2)20(12)10-13-14(16)5-4-6-15(13)17/h4-6,9,18H,3,7-8,10H2,1-2H3. The summed E-state index contributed by atoms with van der Waals surface area (Å²) in [6.45, 7) is 5.63. The van der Waals surface area contributed by atoms with Crippen molar-refractivity contribution in [1.29, 1.82) is 0 Å². The van der Waals surface area contributed by atoms with Crippen LogP contribution >= 0.6 is 0 Å². The molecule has 0 atom stereocenters. The first-order chi connectivity index (χ1) is 9.63. The lowest BCUT2D eigenvalue weighted by atomic mass is 10.2. The van der Waals surface area contributed by atoms with E-state index in [4.69, 9.17) is 0 Å². The third kappa shape index (κ3) is 3.22. The smallest absolute Gasteiger partial charge is 0.131 e. The van der Waals surface area contributed by atoms with Crippen LogP contribution in [0.4, 0.5) is 8.78 Å². The van der Waals surface area contributed by atoms with E-state index in [2.05, 4.69) is 17.2 Å². The maximum absolute atomic E-state index is 13.7. The molecule has 1 aromatic carbocycles. The van der Waals surface area contributed by atoms with Crippen molar-refractivity contribution in [2.24, 2.45) is 0 Å². The zero-order chi connectivity index (χ0) is 14.5. The average molecular weight is 279 g/mol. The van der Waals surface area contributed by atoms with Crippen LogP contribution in [-0.4, -0.2) is 16.1 Å². The van der Waals surface area contributed by atoms with Gasteiger partial charge in [-0.2, -0.15) is 0 Å². The van der Waals surface area contributed by atoms with Gasteiger partial charge in [0.25, 0.3) is 0 Å². The highest BCUT2D eigenvalue weighted by Crippen LogP contribution is 2.16. The lowest BCUT2D eigenvalue weighted by molar-refractivity contribution is 0.534. The Labute approximate surface area is 117 Å². The molecule has 1 N–H and O–H groups in total. The van der Waals surface area contributed by atoms with E-state index in [1.54, 1.807) is 6.20 Å². The molecule has 0 aliphatic carbocycles. The largest absolute Gasteiger partial charge is 0.326 e. The number of aryl methyl sites for hydroxylation is 1. The SMILES string of the molecule is CCCNCc1cnc(C)n1Cc1c(F)cccc1F. The first-order valence-corrected chi connectivity index (χ1v) is 6.78. The fourth-order valence-electron chi connectivity index (χ4n) is 2.11. The molecular formula is C15H19F2N3. The Morgan fingerprint density at radius 2 is 1.95 bits per heavy atom. The third-order valence-electron chi connectivity index (χ3n) is 3.25. The Hall–Kier alpha value is -1.75. The summed E-state index contributed by atoms with van der Waals surface area (Å²) >= 11 is 0. The zero-order valence-electron chi connectivity index (χ0n) is 11.8. The van der Waals surface area contributed by atoms with Crippen molar-refractivity contribution >= 4 is 0 Å². The predicted molar refractivity (Wildman–Crippen MR) is 74.4 cm³/mol. The molecule has 0 bridgehead atoms. The van der Waals surface area contributed by atoms with Crippen molar-refractivity contribution in [2.75, 3.05) is 6.54 Å². The predicted octanol–water partition coefficient (Wildman–Crippen LogP) is 3.02. The minimum Gasteiger partial charge on any atom is -0.326 e. The number of hydrogen-bond acceptors (Lipinski definition) is 2. The Balaban J connectivity index is 2.22. The Morgan fingerprint density at radius 3 is 2.60 bits per heavy atom. The molecule has 0 saturated carbocycles. The topological polar surface area (TPSA) is 29.9 Å². The van der Waals surface area contributed by atoms with Gasteiger partial charge in [0.15, 0.2) is 0 Å². The molecule has 0 radical (unpaired) electrons. The van der Waals surface area contributed by atoms with Crippen LogP contribution in [0.2, 0.25) is 0 Å². The first-order valence-electron chi connectivity index (χ1n) is 6.78. The lowest BCUT2D eigenvalue weighted by Gasteiger charge is -2.12. The van der Waals surface area contributed by atoms with Crippen molar-refractivity contribution in [3.05, 3.63) is 53.1 Å². The summed E-state index contributed by atoms with van der Waals surface area (Å²) in [5, 5.41) is 3.27. The van der Waals surface area contributed by atoms with Crippen LogP contribution in [0.25, 0.3) is 0 Å². The monoisotopic (exact) mass is 279 g/mol. The number of halogens is 2. The summed E-state index contributed by atoms with van der Waals surface area (Å²) in [6, 6.07) is 3.93. The number of nitrogens with one attached hydrogen (secondary N) is 1. The van der Waals surface area contributed by atoms with E-state index in [0.29, 0.717) is 6.54 Å². The Morgan fingerprint density at radius 1 is 1.25 bits per heavy atom. The molecule has 0 aliphatic heterocycles. The first kappa shape index (κ1) is 14.7. The molecule has 0 saturated heterocycles. The molecule has 1 aromatic heterocycles. The summed E-state index contributed by atoms with van der Waals surface area (Å²) in [5.74, 6) is -0.294. The van der Waals surface area contributed by atoms with Gasteiger partial charge in [-0.15, -0.1) is 0 Å². The van der Waals surface area contributed by atoms with E-state index >= 15 is 0 Å². The van der Waals surface area contributed by atoms with E-state index in [9.17, 15) is 8.78 Å². The molecule has 2 aromatic rings. The summed E-state index contributed by atoms with van der Waals surface area (Å²) in [4.78, 5) is 4.23. The van der Waals surface area contributed by atoms with Crippen molar-refractivity contribution in [3.8, 4) is 0 Å². The molecule has 0 fully saturated rings. The number of benzene rings is 1. The maximum Gasteiger partial charge on any atom is 0.131 e. The molecule has 0 spiro atoms. The minimum atomic E-state index is -0.523. The van der Waals surface area contributed by atoms with E-state index < -0.39 is 11.6 Å². The number of rotatable bonds is 6. The Kier molecular flexibility index (Phi) is 4.84. The van der Waals surface area contributed by atoms with Crippen molar-refractivity contribution in [1.82, 2.24) is 14.9 Å². The van der Waals surface area contributed by atoms with Gasteiger partial charge >= 0.3 is 0 Å². The van der Waals surface area contributed by atoms with Crippen LogP contribution < -0.4 is 5.32 Å². The number of nitrogens with zero attached hydrogens (tertiary/aromatic N) is 2. The van der Waals surface area contributed by atoms with Gasteiger partial charge in [-0.05, 0) is 32.0 Å². The quantitative estimate of drug-likeness (QED) is 0.824. The fourth-order valence-corrected chi connectivity index (χ4v) is 2.11. The van der Waals surface area contributed by atoms with E-state index in [-0.39, 0.29) is 12.1 Å². The summed E-state index contributed by atoms with van der Waals surface area (Å²) in [7, 11) is 0. The summed E-state index contributed by atoms with van der Waals surface area (Å²) in [6.07, 6.45) is 2.78. The van der Waals surface area contributed by atoms with Gasteiger partial charge in [-0.25, -0.2) is 13.8 Å². The van der Waals surface area contributed by atoms with E-state index in [0.717, 1.165) is 24.5 Å². The molecule has 0 amide bonds. The third-order valence-corrected chi connectivity index (χ3v) is 3.25. The maximum atomic E-state index is 13.7. The van der Waals surface area contributed by atoms with Gasteiger partial charge in [-0.1, -0.05) is 13.0 Å². The molecule has 0 aliphatic rings. The van der Waals surface area contributed by atoms with Crippen molar-refractivity contribution in [2.45, 2.75) is 33.4 Å². The van der Waals surface area contributed by atoms with Gasteiger partial charge in [-0.3, -0.25) is 0 Å². The molecule has 1 heterocycles. The van der Waals surface area contributed by atoms with Crippen LogP contribution in [0.5, 0.6) is 0 Å². The summed E-state index contributed by atoms with van der Waals surface area (Å²) in [5.41, 5.74) is 1.00. The number of hydrogen-bond donors (Lipinski definition) is 1. The fraction of sp³-hybridized carbons (Fsp3) is 0.400. The average Bonchev–Trinajstić information content (AvgIpc) is 2.76. The normalized spacial score (nSPS) is 11.0. The second-order valence-corrected chi connectivity index (χ2v) is 4.76. The van der Waals surface area contributed by atoms with Crippen LogP contribution in [0, 0.1) is 18.6 Å². The zero-order valence-corrected chi connectivity index (χ0v) is 11.8. The van der Waals surface area contributed by atoms with Crippen LogP contribution in [0.15, 0.2) is 24.4 Å². The van der Waals surface area contributed by atoms with E-state index in [1.807, 2.05) is 11.5 Å². The molecule has 5 heteroatoms. The van der Waals surface area contributed by atoms with E-state index in [1.165, 1.54) is 18.2 Å². The van der Waals surface area contributed by atoms with Gasteiger partial charge in [0.05, 0.1) is 12.2 Å². The second-order valence-electron chi connectivity index (χ2n) is 4.76. The molecular weight excluding hydrogens is 260 g/mol.